The third-order valence-corrected chi connectivity index (χ3v) is 2.21. The Morgan fingerprint density at radius 3 is 2.47 bits per heavy atom. The van der Waals surface area contributed by atoms with Gasteiger partial charge in [-0.15, -0.1) is 0 Å². The lowest BCUT2D eigenvalue weighted by atomic mass is 10.1. The number of hydrogen-bond acceptors (Lipinski definition) is 3. The number of alkyl halides is 3. The van der Waals surface area contributed by atoms with Crippen molar-refractivity contribution in [2.45, 2.75) is 25.9 Å². The van der Waals surface area contributed by atoms with Crippen molar-refractivity contribution in [3.63, 3.8) is 0 Å². The van der Waals surface area contributed by atoms with Gasteiger partial charge in [0.25, 0.3) is 0 Å². The molecule has 1 atom stereocenters. The van der Waals surface area contributed by atoms with Crippen molar-refractivity contribution in [3.05, 3.63) is 0 Å². The second-order valence-electron chi connectivity index (χ2n) is 4.10. The summed E-state index contributed by atoms with van der Waals surface area (Å²) >= 11 is 0. The third-order valence-electron chi connectivity index (χ3n) is 2.21. The molecule has 0 aliphatic rings. The zero-order chi connectivity index (χ0) is 13.1. The molecule has 0 fully saturated rings. The Kier molecular flexibility index (Phi) is 9.49. The number of rotatable bonds is 10. The van der Waals surface area contributed by atoms with Crippen LogP contribution in [0, 0.1) is 5.92 Å². The summed E-state index contributed by atoms with van der Waals surface area (Å²) in [5, 5.41) is 2.39. The molecule has 0 aromatic carbocycles. The van der Waals surface area contributed by atoms with Crippen molar-refractivity contribution in [3.8, 4) is 0 Å². The fraction of sp³-hybridized carbons (Fsp3) is 1.00. The highest BCUT2D eigenvalue weighted by Crippen LogP contribution is 2.12. The summed E-state index contributed by atoms with van der Waals surface area (Å²) < 4.78 is 45.7. The number of nitrogens with one attached hydrogen (secondary N) is 1. The summed E-state index contributed by atoms with van der Waals surface area (Å²) in [5.41, 5.74) is 0. The molecule has 17 heavy (non-hydrogen) atoms. The summed E-state index contributed by atoms with van der Waals surface area (Å²) in [6, 6.07) is 0. The van der Waals surface area contributed by atoms with Crippen LogP contribution in [0.25, 0.3) is 0 Å². The van der Waals surface area contributed by atoms with E-state index >= 15 is 0 Å². The molecular weight excluding hydrogens is 235 g/mol. The van der Waals surface area contributed by atoms with E-state index in [2.05, 4.69) is 5.32 Å². The number of methoxy groups -OCH3 is 1. The lowest BCUT2D eigenvalue weighted by molar-refractivity contribution is -0.125. The van der Waals surface area contributed by atoms with Crippen molar-refractivity contribution in [1.29, 1.82) is 0 Å². The van der Waals surface area contributed by atoms with Crippen molar-refractivity contribution >= 4 is 0 Å². The molecule has 1 N–H and O–H groups in total. The Morgan fingerprint density at radius 2 is 1.88 bits per heavy atom. The highest BCUT2D eigenvalue weighted by Gasteiger charge is 2.26. The van der Waals surface area contributed by atoms with Crippen LogP contribution in [0.4, 0.5) is 13.2 Å². The van der Waals surface area contributed by atoms with Crippen molar-refractivity contribution < 1.29 is 22.6 Å². The molecule has 6 heteroatoms. The zero-order valence-corrected chi connectivity index (χ0v) is 10.5. The lowest BCUT2D eigenvalue weighted by Crippen LogP contribution is -2.32. The van der Waals surface area contributed by atoms with Crippen LogP contribution in [0.15, 0.2) is 0 Å². The van der Waals surface area contributed by atoms with Crippen LogP contribution in [0.2, 0.25) is 0 Å². The van der Waals surface area contributed by atoms with Gasteiger partial charge >= 0.3 is 6.18 Å². The normalized spacial score (nSPS) is 13.9. The fourth-order valence-electron chi connectivity index (χ4n) is 1.25. The molecule has 0 aromatic rings. The van der Waals surface area contributed by atoms with E-state index in [1.54, 1.807) is 7.11 Å². The molecule has 0 amide bonds. The van der Waals surface area contributed by atoms with E-state index in [-0.39, 0.29) is 5.92 Å². The van der Waals surface area contributed by atoms with Crippen LogP contribution in [-0.2, 0) is 9.47 Å². The summed E-state index contributed by atoms with van der Waals surface area (Å²) in [6.07, 6.45) is -2.52. The van der Waals surface area contributed by atoms with Crippen molar-refractivity contribution in [2.24, 2.45) is 5.92 Å². The third kappa shape index (κ3) is 13.6. The predicted octanol–water partition coefficient (Wildman–Crippen LogP) is 2.22. The van der Waals surface area contributed by atoms with Gasteiger partial charge in [-0.05, 0) is 25.3 Å². The van der Waals surface area contributed by atoms with Gasteiger partial charge in [0.15, 0.2) is 0 Å². The van der Waals surface area contributed by atoms with Gasteiger partial charge in [0.1, 0.15) is 0 Å². The SMILES string of the molecule is COCCCOCCC(C)CNCC(F)(F)F. The first kappa shape index (κ1) is 16.7. The molecule has 0 rings (SSSR count). The topological polar surface area (TPSA) is 30.5 Å². The first-order valence-electron chi connectivity index (χ1n) is 5.80. The van der Waals surface area contributed by atoms with Crippen molar-refractivity contribution in [2.75, 3.05) is 40.0 Å². The van der Waals surface area contributed by atoms with E-state index in [4.69, 9.17) is 9.47 Å². The monoisotopic (exact) mass is 257 g/mol. The van der Waals surface area contributed by atoms with E-state index < -0.39 is 12.7 Å². The average Bonchev–Trinajstić information content (AvgIpc) is 2.21. The van der Waals surface area contributed by atoms with Gasteiger partial charge < -0.3 is 14.8 Å². The minimum absolute atomic E-state index is 0.180. The molecule has 0 aliphatic heterocycles. The fourth-order valence-corrected chi connectivity index (χ4v) is 1.25. The molecule has 0 spiro atoms. The maximum absolute atomic E-state index is 11.8. The first-order chi connectivity index (χ1) is 7.95. The van der Waals surface area contributed by atoms with Gasteiger partial charge in [-0.25, -0.2) is 0 Å². The molecule has 0 saturated carbocycles. The molecule has 3 nitrogen and oxygen atoms in total. The maximum Gasteiger partial charge on any atom is 0.401 e. The van der Waals surface area contributed by atoms with E-state index in [9.17, 15) is 13.2 Å². The zero-order valence-electron chi connectivity index (χ0n) is 10.5. The highest BCUT2D eigenvalue weighted by atomic mass is 19.4. The summed E-state index contributed by atoms with van der Waals surface area (Å²) in [5.74, 6) is 0.180. The average molecular weight is 257 g/mol. The van der Waals surface area contributed by atoms with Gasteiger partial charge in [0, 0.05) is 26.9 Å². The predicted molar refractivity (Wildman–Crippen MR) is 60.0 cm³/mol. The van der Waals surface area contributed by atoms with E-state index in [1.165, 1.54) is 0 Å². The van der Waals surface area contributed by atoms with Gasteiger partial charge in [-0.3, -0.25) is 0 Å². The smallest absolute Gasteiger partial charge is 0.385 e. The number of hydrogen-bond donors (Lipinski definition) is 1. The summed E-state index contributed by atoms with van der Waals surface area (Å²) in [4.78, 5) is 0. The van der Waals surface area contributed by atoms with Crippen LogP contribution in [0.5, 0.6) is 0 Å². The molecule has 104 valence electrons. The number of ether oxygens (including phenoxy) is 2. The minimum atomic E-state index is -4.13. The highest BCUT2D eigenvalue weighted by molar-refractivity contribution is 4.60. The van der Waals surface area contributed by atoms with Gasteiger partial charge in [0.2, 0.25) is 0 Å². The van der Waals surface area contributed by atoms with E-state index in [0.29, 0.717) is 26.4 Å². The molecule has 1 unspecified atom stereocenters. The molecule has 0 aliphatic carbocycles. The first-order valence-corrected chi connectivity index (χ1v) is 5.80. The van der Waals surface area contributed by atoms with Crippen LogP contribution in [0.3, 0.4) is 0 Å². The molecule has 0 saturated heterocycles. The minimum Gasteiger partial charge on any atom is -0.385 e. The molecule has 0 aromatic heterocycles. The Hall–Kier alpha value is -0.330. The molecule has 0 radical (unpaired) electrons. The van der Waals surface area contributed by atoms with Crippen LogP contribution in [0.1, 0.15) is 19.8 Å². The summed E-state index contributed by atoms with van der Waals surface area (Å²) in [6.45, 7) is 3.23. The Labute approximate surface area is 101 Å². The van der Waals surface area contributed by atoms with Crippen LogP contribution >= 0.6 is 0 Å². The van der Waals surface area contributed by atoms with Crippen LogP contribution in [-0.4, -0.2) is 46.2 Å². The largest absolute Gasteiger partial charge is 0.401 e. The van der Waals surface area contributed by atoms with Crippen molar-refractivity contribution in [1.82, 2.24) is 5.32 Å². The number of halogens is 3. The second kappa shape index (κ2) is 9.67. The Balaban J connectivity index is 3.26. The van der Waals surface area contributed by atoms with E-state index in [0.717, 1.165) is 12.8 Å². The lowest BCUT2D eigenvalue weighted by Gasteiger charge is -2.14. The van der Waals surface area contributed by atoms with Gasteiger partial charge in [-0.2, -0.15) is 13.2 Å². The van der Waals surface area contributed by atoms with Crippen LogP contribution < -0.4 is 5.32 Å². The molecule has 0 heterocycles. The van der Waals surface area contributed by atoms with Gasteiger partial charge in [-0.1, -0.05) is 6.92 Å². The standard InChI is InChI=1S/C11H22F3NO2/c1-10(8-15-9-11(12,13)14)4-7-17-6-3-5-16-2/h10,15H,3-9H2,1-2H3. The quantitative estimate of drug-likeness (QED) is 0.609. The second-order valence-corrected chi connectivity index (χ2v) is 4.10. The molecular formula is C11H22F3NO2. The molecule has 0 bridgehead atoms. The van der Waals surface area contributed by atoms with E-state index in [1.807, 2.05) is 6.92 Å². The Bertz CT molecular complexity index is 177. The maximum atomic E-state index is 11.8. The van der Waals surface area contributed by atoms with Gasteiger partial charge in [0.05, 0.1) is 6.54 Å². The summed E-state index contributed by atoms with van der Waals surface area (Å²) in [7, 11) is 1.63. The Morgan fingerprint density at radius 1 is 1.18 bits per heavy atom.